The molecular formula is C57H34N4O2. The minimum Gasteiger partial charge on any atom is -0.456 e. The minimum absolute atomic E-state index is 0.517. The molecule has 6 heteroatoms. The van der Waals surface area contributed by atoms with Crippen molar-refractivity contribution in [3.05, 3.63) is 206 Å². The van der Waals surface area contributed by atoms with Crippen LogP contribution in [-0.2, 0) is 0 Å². The van der Waals surface area contributed by atoms with Gasteiger partial charge in [-0.3, -0.25) is 0 Å². The first-order valence-electron chi connectivity index (χ1n) is 21.1. The molecule has 0 aliphatic rings. The third-order valence-corrected chi connectivity index (χ3v) is 12.3. The molecular weight excluding hydrogens is 773 g/mol. The summed E-state index contributed by atoms with van der Waals surface area (Å²) in [6.45, 7) is 0. The normalized spacial score (nSPS) is 11.8. The van der Waals surface area contributed by atoms with Crippen LogP contribution in [0.1, 0.15) is 0 Å². The van der Waals surface area contributed by atoms with E-state index in [9.17, 15) is 0 Å². The largest absolute Gasteiger partial charge is 0.456 e. The van der Waals surface area contributed by atoms with Crippen LogP contribution in [0.3, 0.4) is 0 Å². The highest BCUT2D eigenvalue weighted by atomic mass is 16.3. The van der Waals surface area contributed by atoms with Crippen molar-refractivity contribution in [1.82, 2.24) is 19.5 Å². The van der Waals surface area contributed by atoms with Crippen molar-refractivity contribution in [1.29, 1.82) is 0 Å². The van der Waals surface area contributed by atoms with E-state index >= 15 is 0 Å². The van der Waals surface area contributed by atoms with Gasteiger partial charge in [-0.05, 0) is 65.2 Å². The molecule has 13 rings (SSSR count). The zero-order chi connectivity index (χ0) is 41.4. The lowest BCUT2D eigenvalue weighted by Gasteiger charge is -2.14. The number of nitrogens with zero attached hydrogens (tertiary/aromatic N) is 4. The highest BCUT2D eigenvalue weighted by Crippen LogP contribution is 2.43. The maximum Gasteiger partial charge on any atom is 0.167 e. The Bertz CT molecular complexity index is 3860. The van der Waals surface area contributed by atoms with Gasteiger partial charge in [0.05, 0.1) is 22.3 Å². The van der Waals surface area contributed by atoms with E-state index in [2.05, 4.69) is 168 Å². The Morgan fingerprint density at radius 2 is 0.857 bits per heavy atom. The van der Waals surface area contributed by atoms with Gasteiger partial charge >= 0.3 is 0 Å². The molecule has 0 aliphatic carbocycles. The molecule has 0 amide bonds. The van der Waals surface area contributed by atoms with Gasteiger partial charge in [-0.25, -0.2) is 15.0 Å². The molecule has 0 fully saturated rings. The van der Waals surface area contributed by atoms with E-state index in [1.165, 1.54) is 10.8 Å². The van der Waals surface area contributed by atoms with Crippen LogP contribution in [0.25, 0.3) is 128 Å². The number of furan rings is 2. The van der Waals surface area contributed by atoms with Gasteiger partial charge in [-0.2, -0.15) is 0 Å². The van der Waals surface area contributed by atoms with Crippen LogP contribution in [-0.4, -0.2) is 19.5 Å². The zero-order valence-electron chi connectivity index (χ0n) is 33.7. The molecule has 63 heavy (non-hydrogen) atoms. The van der Waals surface area contributed by atoms with Gasteiger partial charge < -0.3 is 13.4 Å². The zero-order valence-corrected chi connectivity index (χ0v) is 33.7. The van der Waals surface area contributed by atoms with Crippen LogP contribution in [0.5, 0.6) is 0 Å². The second kappa shape index (κ2) is 14.0. The molecule has 0 spiro atoms. The van der Waals surface area contributed by atoms with E-state index in [-0.39, 0.29) is 0 Å². The number of aromatic nitrogens is 4. The van der Waals surface area contributed by atoms with E-state index in [0.717, 1.165) is 94.0 Å². The first-order chi connectivity index (χ1) is 31.2. The van der Waals surface area contributed by atoms with Crippen molar-refractivity contribution in [2.45, 2.75) is 0 Å². The van der Waals surface area contributed by atoms with Gasteiger partial charge in [0, 0.05) is 49.0 Å². The third-order valence-electron chi connectivity index (χ3n) is 12.3. The lowest BCUT2D eigenvalue weighted by atomic mass is 9.97. The summed E-state index contributed by atoms with van der Waals surface area (Å²) >= 11 is 0. The maximum absolute atomic E-state index is 6.90. The molecule has 0 N–H and O–H groups in total. The van der Waals surface area contributed by atoms with Crippen molar-refractivity contribution in [3.63, 3.8) is 0 Å². The van der Waals surface area contributed by atoms with Gasteiger partial charge in [0.2, 0.25) is 0 Å². The average molecular weight is 807 g/mol. The Balaban J connectivity index is 1.00. The summed E-state index contributed by atoms with van der Waals surface area (Å²) < 4.78 is 15.6. The molecule has 0 atom stereocenters. The van der Waals surface area contributed by atoms with E-state index in [0.29, 0.717) is 23.1 Å². The van der Waals surface area contributed by atoms with Crippen LogP contribution >= 0.6 is 0 Å². The van der Waals surface area contributed by atoms with E-state index in [1.807, 2.05) is 42.5 Å². The van der Waals surface area contributed by atoms with Crippen molar-refractivity contribution < 1.29 is 8.83 Å². The van der Waals surface area contributed by atoms with Crippen LogP contribution in [0.15, 0.2) is 215 Å². The third kappa shape index (κ3) is 5.62. The van der Waals surface area contributed by atoms with Gasteiger partial charge in [0.25, 0.3) is 0 Å². The Morgan fingerprint density at radius 3 is 1.67 bits per heavy atom. The standard InChI is InChI=1S/C57H34N4O2/c1-2-14-35(15-3-1)36-28-30-37(31-29-36)55-58-56(38-32-33-43-42-19-7-11-26-50(42)62-52(43)34-38)60-57(59-55)46-22-12-21-45-53-44(20-13-27-51(53)63-54(45)46)41-18-6-10-25-49(41)61-47-23-8-4-16-39(47)40-17-5-9-24-48(40)61/h1-34H. The van der Waals surface area contributed by atoms with E-state index in [1.54, 1.807) is 0 Å². The fourth-order valence-corrected chi connectivity index (χ4v) is 9.39. The predicted molar refractivity (Wildman–Crippen MR) is 256 cm³/mol. The second-order valence-electron chi connectivity index (χ2n) is 15.9. The molecule has 0 unspecified atom stereocenters. The van der Waals surface area contributed by atoms with Gasteiger partial charge in [0.1, 0.15) is 22.3 Å². The van der Waals surface area contributed by atoms with Crippen molar-refractivity contribution in [3.8, 4) is 62.1 Å². The highest BCUT2D eigenvalue weighted by Gasteiger charge is 2.22. The number of para-hydroxylation sites is 5. The summed E-state index contributed by atoms with van der Waals surface area (Å²) in [6, 6.07) is 71.5. The molecule has 6 nitrogen and oxygen atoms in total. The average Bonchev–Trinajstić information content (AvgIpc) is 4.04. The summed E-state index contributed by atoms with van der Waals surface area (Å²) in [4.78, 5) is 15.5. The van der Waals surface area contributed by atoms with Crippen molar-refractivity contribution in [2.75, 3.05) is 0 Å². The molecule has 0 radical (unpaired) electrons. The van der Waals surface area contributed by atoms with Gasteiger partial charge in [-0.15, -0.1) is 0 Å². The molecule has 0 aliphatic heterocycles. The minimum atomic E-state index is 0.517. The molecule has 13 aromatic rings. The van der Waals surface area contributed by atoms with Crippen LogP contribution in [0.4, 0.5) is 0 Å². The smallest absolute Gasteiger partial charge is 0.167 e. The molecule has 9 aromatic carbocycles. The Morgan fingerprint density at radius 1 is 0.317 bits per heavy atom. The summed E-state index contributed by atoms with van der Waals surface area (Å²) in [6.07, 6.45) is 0. The fourth-order valence-electron chi connectivity index (χ4n) is 9.39. The maximum atomic E-state index is 6.90. The topological polar surface area (TPSA) is 69.9 Å². The predicted octanol–water partition coefficient (Wildman–Crippen LogP) is 15.1. The number of fused-ring (bicyclic) bond motifs is 9. The SMILES string of the molecule is c1ccc(-c2ccc(-c3nc(-c4ccc5c(c4)oc4ccccc45)nc(-c4cccc5c4oc4cccc(-c6ccccc6-n6c7ccccc7c7ccccc76)c45)n3)cc2)cc1. The Labute approximate surface area is 361 Å². The summed E-state index contributed by atoms with van der Waals surface area (Å²) in [5, 5.41) is 6.57. The van der Waals surface area contributed by atoms with Crippen molar-refractivity contribution in [2.24, 2.45) is 0 Å². The Hall–Kier alpha value is -8.61. The van der Waals surface area contributed by atoms with Crippen LogP contribution < -0.4 is 0 Å². The molecule has 0 saturated heterocycles. The lowest BCUT2D eigenvalue weighted by molar-refractivity contribution is 0.668. The van der Waals surface area contributed by atoms with E-state index in [4.69, 9.17) is 23.8 Å². The Kier molecular flexibility index (Phi) is 7.80. The summed E-state index contributed by atoms with van der Waals surface area (Å²) in [7, 11) is 0. The number of rotatable bonds is 6. The molecule has 0 bridgehead atoms. The van der Waals surface area contributed by atoms with Crippen molar-refractivity contribution >= 4 is 65.7 Å². The van der Waals surface area contributed by atoms with Gasteiger partial charge in [-0.1, -0.05) is 158 Å². The van der Waals surface area contributed by atoms with Gasteiger partial charge in [0.15, 0.2) is 17.5 Å². The summed E-state index contributed by atoms with van der Waals surface area (Å²) in [5.41, 5.74) is 13.5. The first-order valence-corrected chi connectivity index (χ1v) is 21.1. The lowest BCUT2D eigenvalue weighted by Crippen LogP contribution is -2.00. The highest BCUT2D eigenvalue weighted by molar-refractivity contribution is 6.16. The molecule has 4 heterocycles. The number of hydrogen-bond donors (Lipinski definition) is 0. The van der Waals surface area contributed by atoms with E-state index < -0.39 is 0 Å². The number of benzene rings is 9. The number of hydrogen-bond acceptors (Lipinski definition) is 5. The molecule has 294 valence electrons. The quantitative estimate of drug-likeness (QED) is 0.167. The van der Waals surface area contributed by atoms with Crippen LogP contribution in [0.2, 0.25) is 0 Å². The monoisotopic (exact) mass is 806 g/mol. The summed E-state index contributed by atoms with van der Waals surface area (Å²) in [5.74, 6) is 1.62. The fraction of sp³-hybridized carbons (Fsp3) is 0. The van der Waals surface area contributed by atoms with Crippen LogP contribution in [0, 0.1) is 0 Å². The second-order valence-corrected chi connectivity index (χ2v) is 15.9. The first kappa shape index (κ1) is 35.2. The molecule has 0 saturated carbocycles. The molecule has 4 aromatic heterocycles.